The Morgan fingerprint density at radius 3 is 2.43 bits per heavy atom. The van der Waals surface area contributed by atoms with Crippen LogP contribution in [-0.2, 0) is 14.8 Å². The molecule has 0 aromatic heterocycles. The van der Waals surface area contributed by atoms with Crippen molar-refractivity contribution in [2.75, 3.05) is 13.1 Å². The summed E-state index contributed by atoms with van der Waals surface area (Å²) in [6.07, 6.45) is -0.488. The van der Waals surface area contributed by atoms with Crippen molar-refractivity contribution in [3.05, 3.63) is 28.8 Å². The molecule has 1 aliphatic rings. The van der Waals surface area contributed by atoms with Gasteiger partial charge in [-0.25, -0.2) is 8.42 Å². The summed E-state index contributed by atoms with van der Waals surface area (Å²) in [6, 6.07) is 3.48. The molecule has 2 rings (SSSR count). The summed E-state index contributed by atoms with van der Waals surface area (Å²) in [7, 11) is -3.88. The van der Waals surface area contributed by atoms with Crippen molar-refractivity contribution in [2.24, 2.45) is 0 Å². The number of morpholine rings is 1. The van der Waals surface area contributed by atoms with E-state index in [4.69, 9.17) is 16.3 Å². The Morgan fingerprint density at radius 1 is 1.33 bits per heavy atom. The molecule has 1 saturated heterocycles. The highest BCUT2D eigenvalue weighted by molar-refractivity contribution is 7.89. The summed E-state index contributed by atoms with van der Waals surface area (Å²) in [5.74, 6) is -1.45. The topological polar surface area (TPSA) is 86.7 Å². The molecule has 0 unspecified atom stereocenters. The van der Waals surface area contributed by atoms with E-state index in [2.05, 4.69) is 0 Å². The first-order chi connectivity index (χ1) is 9.71. The number of carbonyl (C=O) groups excluding carboxylic acids is 1. The van der Waals surface area contributed by atoms with Gasteiger partial charge in [0.05, 0.1) is 23.2 Å². The Bertz CT molecular complexity index is 651. The van der Waals surface area contributed by atoms with Crippen LogP contribution in [-0.4, -0.2) is 44.0 Å². The summed E-state index contributed by atoms with van der Waals surface area (Å²) in [5.41, 5.74) is -0.229. The number of hydrogen-bond acceptors (Lipinski definition) is 5. The minimum absolute atomic E-state index is 0.0215. The van der Waals surface area contributed by atoms with Crippen molar-refractivity contribution in [2.45, 2.75) is 31.0 Å². The van der Waals surface area contributed by atoms with Gasteiger partial charge in [0.2, 0.25) is 10.0 Å². The van der Waals surface area contributed by atoms with Crippen molar-refractivity contribution in [3.63, 3.8) is 0 Å². The lowest BCUT2D eigenvalue weighted by atomic mass is 10.2. The molecule has 1 heterocycles. The van der Waals surface area contributed by atoms with Crippen LogP contribution in [0.15, 0.2) is 23.1 Å². The number of carboxylic acids is 1. The third kappa shape index (κ3) is 3.37. The van der Waals surface area contributed by atoms with Crippen molar-refractivity contribution in [1.82, 2.24) is 4.31 Å². The first-order valence-electron chi connectivity index (χ1n) is 6.38. The van der Waals surface area contributed by atoms with Gasteiger partial charge in [0.1, 0.15) is 4.90 Å². The highest BCUT2D eigenvalue weighted by Gasteiger charge is 2.33. The maximum Gasteiger partial charge on any atom is 0.244 e. The summed E-state index contributed by atoms with van der Waals surface area (Å²) in [4.78, 5) is 10.7. The Morgan fingerprint density at radius 2 is 1.90 bits per heavy atom. The Hall–Kier alpha value is -1.15. The van der Waals surface area contributed by atoms with Crippen molar-refractivity contribution >= 4 is 27.6 Å². The molecule has 21 heavy (non-hydrogen) atoms. The molecule has 2 atom stereocenters. The van der Waals surface area contributed by atoms with E-state index in [0.29, 0.717) is 0 Å². The number of aromatic carboxylic acids is 1. The molecule has 0 spiro atoms. The molecule has 0 aliphatic carbocycles. The SMILES string of the molecule is C[C@@H]1CN(S(=O)(=O)c2cc(C(=O)[O-])ccc2Cl)C[C@@H](C)O1. The minimum Gasteiger partial charge on any atom is -0.545 e. The molecule has 0 amide bonds. The van der Waals surface area contributed by atoms with Crippen LogP contribution in [0.2, 0.25) is 5.02 Å². The van der Waals surface area contributed by atoms with Gasteiger partial charge >= 0.3 is 0 Å². The van der Waals surface area contributed by atoms with Crippen molar-refractivity contribution in [1.29, 1.82) is 0 Å². The van der Waals surface area contributed by atoms with Gasteiger partial charge in [-0.1, -0.05) is 17.7 Å². The number of hydrogen-bond donors (Lipinski definition) is 0. The van der Waals surface area contributed by atoms with Crippen LogP contribution < -0.4 is 5.11 Å². The maximum atomic E-state index is 12.6. The second-order valence-corrected chi connectivity index (χ2v) is 7.33. The van der Waals surface area contributed by atoms with E-state index in [0.717, 1.165) is 6.07 Å². The van der Waals surface area contributed by atoms with Crippen LogP contribution in [0, 0.1) is 0 Å². The Balaban J connectivity index is 2.44. The first-order valence-corrected chi connectivity index (χ1v) is 8.20. The lowest BCUT2D eigenvalue weighted by Gasteiger charge is -2.34. The molecule has 0 saturated carbocycles. The van der Waals surface area contributed by atoms with E-state index in [1.807, 2.05) is 0 Å². The molecule has 8 heteroatoms. The molecule has 0 bridgehead atoms. The third-order valence-electron chi connectivity index (χ3n) is 3.17. The van der Waals surface area contributed by atoms with Crippen LogP contribution in [0.4, 0.5) is 0 Å². The Labute approximate surface area is 128 Å². The lowest BCUT2D eigenvalue weighted by Crippen LogP contribution is -2.48. The van der Waals surface area contributed by atoms with Crippen LogP contribution >= 0.6 is 11.6 Å². The van der Waals surface area contributed by atoms with Gasteiger partial charge in [0, 0.05) is 13.1 Å². The van der Waals surface area contributed by atoms with Gasteiger partial charge in [0.15, 0.2) is 0 Å². The zero-order valence-electron chi connectivity index (χ0n) is 11.6. The van der Waals surface area contributed by atoms with Crippen LogP contribution in [0.1, 0.15) is 24.2 Å². The van der Waals surface area contributed by atoms with Crippen LogP contribution in [0.3, 0.4) is 0 Å². The normalized spacial score (nSPS) is 24.0. The molecular formula is C13H15ClNO5S-. The largest absolute Gasteiger partial charge is 0.545 e. The predicted molar refractivity (Wildman–Crippen MR) is 74.6 cm³/mol. The van der Waals surface area contributed by atoms with Crippen molar-refractivity contribution < 1.29 is 23.1 Å². The number of carbonyl (C=O) groups is 1. The third-order valence-corrected chi connectivity index (χ3v) is 5.48. The average molecular weight is 333 g/mol. The number of halogens is 1. The quantitative estimate of drug-likeness (QED) is 0.804. The van der Waals surface area contributed by atoms with Crippen LogP contribution in [0.5, 0.6) is 0 Å². The molecule has 1 fully saturated rings. The molecule has 116 valence electrons. The van der Waals surface area contributed by atoms with E-state index in [1.165, 1.54) is 16.4 Å². The highest BCUT2D eigenvalue weighted by Crippen LogP contribution is 2.27. The fourth-order valence-corrected chi connectivity index (χ4v) is 4.39. The number of nitrogens with zero attached hydrogens (tertiary/aromatic N) is 1. The average Bonchev–Trinajstić information content (AvgIpc) is 2.37. The summed E-state index contributed by atoms with van der Waals surface area (Å²) in [6.45, 7) is 3.94. The van der Waals surface area contributed by atoms with E-state index >= 15 is 0 Å². The van der Waals surface area contributed by atoms with E-state index in [9.17, 15) is 18.3 Å². The minimum atomic E-state index is -3.88. The standard InChI is InChI=1S/C13H16ClNO5S/c1-8-6-15(7-9(2)20-8)21(18,19)12-5-10(13(16)17)3-4-11(12)14/h3-5,8-9H,6-7H2,1-2H3,(H,16,17)/p-1/t8-,9-/m1/s1. The molecule has 1 aromatic carbocycles. The lowest BCUT2D eigenvalue weighted by molar-refractivity contribution is -0.255. The first kappa shape index (κ1) is 16.2. The number of sulfonamides is 1. The maximum absolute atomic E-state index is 12.6. The van der Waals surface area contributed by atoms with Gasteiger partial charge in [-0.05, 0) is 31.5 Å². The monoisotopic (exact) mass is 332 g/mol. The molecular weight excluding hydrogens is 318 g/mol. The van der Waals surface area contributed by atoms with Crippen molar-refractivity contribution in [3.8, 4) is 0 Å². The number of ether oxygens (including phenoxy) is 1. The van der Waals surface area contributed by atoms with Crippen LogP contribution in [0.25, 0.3) is 0 Å². The zero-order chi connectivity index (χ0) is 15.8. The molecule has 6 nitrogen and oxygen atoms in total. The van der Waals surface area contributed by atoms with E-state index in [1.54, 1.807) is 13.8 Å². The van der Waals surface area contributed by atoms with E-state index < -0.39 is 16.0 Å². The summed E-state index contributed by atoms with van der Waals surface area (Å²) in [5, 5.41) is 10.9. The fraction of sp³-hybridized carbons (Fsp3) is 0.462. The second kappa shape index (κ2) is 5.92. The van der Waals surface area contributed by atoms with Gasteiger partial charge in [-0.15, -0.1) is 0 Å². The van der Waals surface area contributed by atoms with E-state index in [-0.39, 0.29) is 40.8 Å². The number of rotatable bonds is 3. The zero-order valence-corrected chi connectivity index (χ0v) is 13.1. The molecule has 1 aromatic rings. The molecule has 0 radical (unpaired) electrons. The number of carboxylic acid groups (broad SMARTS) is 1. The second-order valence-electron chi connectivity index (χ2n) is 5.01. The number of benzene rings is 1. The van der Waals surface area contributed by atoms with Gasteiger partial charge < -0.3 is 14.6 Å². The summed E-state index contributed by atoms with van der Waals surface area (Å²) < 4.78 is 32.0. The molecule has 1 aliphatic heterocycles. The molecule has 0 N–H and O–H groups in total. The van der Waals surface area contributed by atoms with Gasteiger partial charge in [-0.2, -0.15) is 4.31 Å². The Kier molecular flexibility index (Phi) is 4.57. The predicted octanol–water partition coefficient (Wildman–Crippen LogP) is 0.501. The highest BCUT2D eigenvalue weighted by atomic mass is 35.5. The summed E-state index contributed by atoms with van der Waals surface area (Å²) >= 11 is 5.93. The smallest absolute Gasteiger partial charge is 0.244 e. The fourth-order valence-electron chi connectivity index (χ4n) is 2.29. The van der Waals surface area contributed by atoms with Gasteiger partial charge in [0.25, 0.3) is 0 Å². The van der Waals surface area contributed by atoms with Gasteiger partial charge in [-0.3, -0.25) is 0 Å².